The molecular weight excluding hydrogens is 348 g/mol. The van der Waals surface area contributed by atoms with Crippen LogP contribution in [0.5, 0.6) is 0 Å². The van der Waals surface area contributed by atoms with Crippen LogP contribution in [0, 0.1) is 11.3 Å². The first kappa shape index (κ1) is 19.3. The van der Waals surface area contributed by atoms with E-state index in [1.807, 2.05) is 0 Å². The highest BCUT2D eigenvalue weighted by Gasteiger charge is 2.31. The Morgan fingerprint density at radius 2 is 1.75 bits per heavy atom. The summed E-state index contributed by atoms with van der Waals surface area (Å²) in [6, 6.07) is 4.11. The van der Waals surface area contributed by atoms with Crippen molar-refractivity contribution in [1.82, 2.24) is 0 Å². The molecule has 2 rings (SSSR count). The third kappa shape index (κ3) is 4.73. The van der Waals surface area contributed by atoms with Crippen molar-refractivity contribution in [1.29, 1.82) is 0 Å². The minimum Gasteiger partial charge on any atom is -0.459 e. The molecule has 0 aromatic heterocycles. The maximum Gasteiger partial charge on any atom is 0.339 e. The first-order valence-corrected chi connectivity index (χ1v) is 10.5. The van der Waals surface area contributed by atoms with Crippen LogP contribution in [0.4, 0.5) is 0 Å². The molecule has 1 aromatic rings. The molecule has 4 nitrogen and oxygen atoms in total. The SMILES string of the molecule is CC(C)(C)C1CCC(OC(=O)c2cc(S(C)(=O)=O)ccc2Cl)CC1. The van der Waals surface area contributed by atoms with Gasteiger partial charge in [-0.3, -0.25) is 0 Å². The molecule has 6 heteroatoms. The number of carbonyl (C=O) groups excluding carboxylic acids is 1. The number of carbonyl (C=O) groups is 1. The third-order valence-corrected chi connectivity index (χ3v) is 6.20. The van der Waals surface area contributed by atoms with Gasteiger partial charge in [-0.1, -0.05) is 32.4 Å². The highest BCUT2D eigenvalue weighted by atomic mass is 35.5. The molecule has 0 saturated heterocycles. The quantitative estimate of drug-likeness (QED) is 0.732. The van der Waals surface area contributed by atoms with Crippen molar-refractivity contribution in [3.05, 3.63) is 28.8 Å². The van der Waals surface area contributed by atoms with E-state index in [1.54, 1.807) is 0 Å². The maximum atomic E-state index is 12.4. The fourth-order valence-corrected chi connectivity index (χ4v) is 3.99. The van der Waals surface area contributed by atoms with Gasteiger partial charge in [0.25, 0.3) is 0 Å². The van der Waals surface area contributed by atoms with E-state index >= 15 is 0 Å². The van der Waals surface area contributed by atoms with E-state index in [-0.39, 0.29) is 27.0 Å². The van der Waals surface area contributed by atoms with Gasteiger partial charge in [0, 0.05) is 6.26 Å². The Labute approximate surface area is 149 Å². The van der Waals surface area contributed by atoms with E-state index in [0.717, 1.165) is 31.9 Å². The van der Waals surface area contributed by atoms with Gasteiger partial charge in [0.05, 0.1) is 15.5 Å². The number of hydrogen-bond donors (Lipinski definition) is 0. The molecule has 0 heterocycles. The van der Waals surface area contributed by atoms with Crippen LogP contribution in [0.1, 0.15) is 56.8 Å². The van der Waals surface area contributed by atoms with Gasteiger partial charge in [0.15, 0.2) is 9.84 Å². The molecular formula is C18H25ClO4S. The van der Waals surface area contributed by atoms with Crippen LogP contribution in [0.25, 0.3) is 0 Å². The molecule has 0 radical (unpaired) electrons. The number of rotatable bonds is 3. The number of halogens is 1. The third-order valence-electron chi connectivity index (χ3n) is 4.76. The fraction of sp³-hybridized carbons (Fsp3) is 0.611. The Morgan fingerprint density at radius 3 is 2.25 bits per heavy atom. The summed E-state index contributed by atoms with van der Waals surface area (Å²) in [5.74, 6) is 0.0781. The zero-order valence-electron chi connectivity index (χ0n) is 14.6. The van der Waals surface area contributed by atoms with Crippen molar-refractivity contribution in [2.24, 2.45) is 11.3 Å². The molecule has 1 aromatic carbocycles. The second-order valence-electron chi connectivity index (χ2n) is 7.66. The van der Waals surface area contributed by atoms with Crippen LogP contribution in [0.15, 0.2) is 23.1 Å². The van der Waals surface area contributed by atoms with Crippen LogP contribution >= 0.6 is 11.6 Å². The normalized spacial score (nSPS) is 22.2. The van der Waals surface area contributed by atoms with Gasteiger partial charge in [-0.2, -0.15) is 0 Å². The van der Waals surface area contributed by atoms with E-state index in [0.29, 0.717) is 5.92 Å². The Balaban J connectivity index is 2.06. The molecule has 0 bridgehead atoms. The van der Waals surface area contributed by atoms with Crippen molar-refractivity contribution < 1.29 is 17.9 Å². The minimum atomic E-state index is -3.40. The Hall–Kier alpha value is -1.07. The minimum absolute atomic E-state index is 0.0651. The molecule has 24 heavy (non-hydrogen) atoms. The van der Waals surface area contributed by atoms with Crippen LogP contribution in [-0.2, 0) is 14.6 Å². The maximum absolute atomic E-state index is 12.4. The van der Waals surface area contributed by atoms with Gasteiger partial charge in [0.2, 0.25) is 0 Å². The van der Waals surface area contributed by atoms with E-state index in [4.69, 9.17) is 16.3 Å². The summed E-state index contributed by atoms with van der Waals surface area (Å²) in [7, 11) is -3.40. The topological polar surface area (TPSA) is 60.4 Å². The zero-order chi connectivity index (χ0) is 18.1. The number of sulfone groups is 1. The summed E-state index contributed by atoms with van der Waals surface area (Å²) < 4.78 is 28.9. The molecule has 0 unspecified atom stereocenters. The summed E-state index contributed by atoms with van der Waals surface area (Å²) >= 11 is 6.05. The van der Waals surface area contributed by atoms with Crippen molar-refractivity contribution in [3.8, 4) is 0 Å². The molecule has 134 valence electrons. The van der Waals surface area contributed by atoms with Crippen molar-refractivity contribution >= 4 is 27.4 Å². The largest absolute Gasteiger partial charge is 0.459 e. The molecule has 1 aliphatic carbocycles. The number of hydrogen-bond acceptors (Lipinski definition) is 4. The Kier molecular flexibility index (Phi) is 5.65. The molecule has 0 amide bonds. The lowest BCUT2D eigenvalue weighted by Gasteiger charge is -2.36. The molecule has 1 fully saturated rings. The fourth-order valence-electron chi connectivity index (χ4n) is 3.15. The summed E-state index contributed by atoms with van der Waals surface area (Å²) in [6.07, 6.45) is 4.68. The van der Waals surface area contributed by atoms with Crippen LogP contribution in [0.2, 0.25) is 5.02 Å². The average molecular weight is 373 g/mol. The average Bonchev–Trinajstić information content (AvgIpc) is 2.46. The first-order valence-electron chi connectivity index (χ1n) is 8.19. The van der Waals surface area contributed by atoms with Gasteiger partial charge in [0.1, 0.15) is 6.10 Å². The van der Waals surface area contributed by atoms with Gasteiger partial charge < -0.3 is 4.74 Å². The summed E-state index contributed by atoms with van der Waals surface area (Å²) in [5.41, 5.74) is 0.375. The van der Waals surface area contributed by atoms with E-state index in [2.05, 4.69) is 20.8 Å². The molecule has 1 aliphatic rings. The molecule has 0 spiro atoms. The van der Waals surface area contributed by atoms with Crippen LogP contribution in [0.3, 0.4) is 0 Å². The monoisotopic (exact) mass is 372 g/mol. The van der Waals surface area contributed by atoms with Gasteiger partial charge >= 0.3 is 5.97 Å². The predicted octanol–water partition coefficient (Wildman–Crippen LogP) is 4.51. The van der Waals surface area contributed by atoms with Crippen LogP contribution in [-0.4, -0.2) is 26.7 Å². The van der Waals surface area contributed by atoms with E-state index < -0.39 is 15.8 Å². The lowest BCUT2D eigenvalue weighted by Crippen LogP contribution is -2.30. The lowest BCUT2D eigenvalue weighted by atomic mass is 9.72. The summed E-state index contributed by atoms with van der Waals surface area (Å²) in [6.45, 7) is 6.71. The zero-order valence-corrected chi connectivity index (χ0v) is 16.2. The molecule has 0 N–H and O–H groups in total. The van der Waals surface area contributed by atoms with Crippen LogP contribution < -0.4 is 0 Å². The van der Waals surface area contributed by atoms with E-state index in [9.17, 15) is 13.2 Å². The standard InChI is InChI=1S/C18H25ClO4S/c1-18(2,3)12-5-7-13(8-6-12)23-17(20)15-11-14(24(4,21)22)9-10-16(15)19/h9-13H,5-8H2,1-4H3. The van der Waals surface area contributed by atoms with Gasteiger partial charge in [-0.15, -0.1) is 0 Å². The van der Waals surface area contributed by atoms with Gasteiger partial charge in [-0.05, 0) is 55.2 Å². The number of ether oxygens (including phenoxy) is 1. The smallest absolute Gasteiger partial charge is 0.339 e. The van der Waals surface area contributed by atoms with Crippen molar-refractivity contribution in [2.75, 3.05) is 6.26 Å². The summed E-state index contributed by atoms with van der Waals surface area (Å²) in [4.78, 5) is 12.5. The first-order chi connectivity index (χ1) is 11.0. The molecule has 0 atom stereocenters. The second-order valence-corrected chi connectivity index (χ2v) is 10.1. The highest BCUT2D eigenvalue weighted by molar-refractivity contribution is 7.90. The van der Waals surface area contributed by atoms with Gasteiger partial charge in [-0.25, -0.2) is 13.2 Å². The van der Waals surface area contributed by atoms with Crippen molar-refractivity contribution in [2.45, 2.75) is 57.5 Å². The predicted molar refractivity (Wildman–Crippen MR) is 95.2 cm³/mol. The Morgan fingerprint density at radius 1 is 1.17 bits per heavy atom. The second kappa shape index (κ2) is 7.04. The Bertz CT molecular complexity index is 711. The van der Waals surface area contributed by atoms with Crippen molar-refractivity contribution in [3.63, 3.8) is 0 Å². The molecule has 1 saturated carbocycles. The highest BCUT2D eigenvalue weighted by Crippen LogP contribution is 2.38. The molecule has 0 aliphatic heterocycles. The number of benzene rings is 1. The van der Waals surface area contributed by atoms with E-state index in [1.165, 1.54) is 18.2 Å². The number of esters is 1. The lowest BCUT2D eigenvalue weighted by molar-refractivity contribution is 0.00929. The summed E-state index contributed by atoms with van der Waals surface area (Å²) in [5, 5.41) is 0.204.